The summed E-state index contributed by atoms with van der Waals surface area (Å²) in [7, 11) is 0. The summed E-state index contributed by atoms with van der Waals surface area (Å²) in [6, 6.07) is 0. The smallest absolute Gasteiger partial charge is 0.0623 e. The molecule has 4 fully saturated rings. The second-order valence-electron chi connectivity index (χ2n) is 11.6. The molecule has 2 unspecified atom stereocenters. The monoisotopic (exact) mass is 362 g/mol. The first-order chi connectivity index (χ1) is 12.1. The molecule has 0 amide bonds. The van der Waals surface area contributed by atoms with E-state index in [1.807, 2.05) is 6.92 Å². The average Bonchev–Trinajstić information content (AvgIpc) is 2.93. The average molecular weight is 363 g/mol. The van der Waals surface area contributed by atoms with Crippen LogP contribution in [0.1, 0.15) is 92.4 Å². The number of fused-ring (bicyclic) bond motifs is 5. The van der Waals surface area contributed by atoms with Gasteiger partial charge in [-0.15, -0.1) is 0 Å². The van der Waals surface area contributed by atoms with E-state index < -0.39 is 5.60 Å². The van der Waals surface area contributed by atoms with Gasteiger partial charge in [0.05, 0.1) is 11.7 Å². The number of rotatable bonds is 2. The maximum absolute atomic E-state index is 11.2. The standard InChI is InChI=1S/C24H42O2/c1-6-15(2)17-7-8-18-16-13-21(25)20-14-22(3,26)11-12-24(20,5)19(16)9-10-23(17,18)4/h15-21,25-26H,6-14H2,1-5H3/t15-,16+,17-,18+,19+,20?,21?,22+,23-,24-/m1/s1. The molecule has 4 aliphatic carbocycles. The predicted octanol–water partition coefficient (Wildman–Crippen LogP) is 5.41. The van der Waals surface area contributed by atoms with E-state index in [0.29, 0.717) is 17.3 Å². The van der Waals surface area contributed by atoms with Crippen molar-refractivity contribution in [3.63, 3.8) is 0 Å². The highest BCUT2D eigenvalue weighted by Gasteiger charge is 2.63. The summed E-state index contributed by atoms with van der Waals surface area (Å²) in [4.78, 5) is 0. The van der Waals surface area contributed by atoms with E-state index in [1.54, 1.807) is 0 Å². The van der Waals surface area contributed by atoms with E-state index in [2.05, 4.69) is 27.7 Å². The molecule has 0 aliphatic heterocycles. The number of hydrogen-bond donors (Lipinski definition) is 2. The maximum Gasteiger partial charge on any atom is 0.0623 e. The van der Waals surface area contributed by atoms with Crippen LogP contribution < -0.4 is 0 Å². The van der Waals surface area contributed by atoms with Crippen molar-refractivity contribution in [2.75, 3.05) is 0 Å². The fourth-order valence-corrected chi connectivity index (χ4v) is 8.71. The summed E-state index contributed by atoms with van der Waals surface area (Å²) < 4.78 is 0. The summed E-state index contributed by atoms with van der Waals surface area (Å²) in [5.74, 6) is 4.30. The van der Waals surface area contributed by atoms with E-state index in [-0.39, 0.29) is 11.5 Å². The summed E-state index contributed by atoms with van der Waals surface area (Å²) >= 11 is 0. The van der Waals surface area contributed by atoms with Gasteiger partial charge in [0.25, 0.3) is 0 Å². The number of hydrogen-bond acceptors (Lipinski definition) is 2. The second-order valence-corrected chi connectivity index (χ2v) is 11.6. The van der Waals surface area contributed by atoms with Crippen LogP contribution in [0.4, 0.5) is 0 Å². The third-order valence-corrected chi connectivity index (χ3v) is 10.4. The van der Waals surface area contributed by atoms with Crippen LogP contribution in [-0.2, 0) is 0 Å². The minimum atomic E-state index is -0.573. The highest BCUT2D eigenvalue weighted by atomic mass is 16.3. The Labute approximate surface area is 161 Å². The van der Waals surface area contributed by atoms with Crippen molar-refractivity contribution in [3.8, 4) is 0 Å². The lowest BCUT2D eigenvalue weighted by molar-refractivity contribution is -0.187. The fraction of sp³-hybridized carbons (Fsp3) is 1.00. The summed E-state index contributed by atoms with van der Waals surface area (Å²) in [6.07, 6.45) is 10.4. The van der Waals surface area contributed by atoms with Crippen molar-refractivity contribution in [2.24, 2.45) is 46.3 Å². The van der Waals surface area contributed by atoms with E-state index in [1.165, 1.54) is 32.1 Å². The zero-order chi connectivity index (χ0) is 18.9. The Hall–Kier alpha value is -0.0800. The lowest BCUT2D eigenvalue weighted by atomic mass is 9.43. The van der Waals surface area contributed by atoms with Crippen LogP contribution in [0.5, 0.6) is 0 Å². The fourth-order valence-electron chi connectivity index (χ4n) is 8.71. The third-order valence-electron chi connectivity index (χ3n) is 10.4. The molecule has 0 radical (unpaired) electrons. The molecule has 4 saturated carbocycles. The van der Waals surface area contributed by atoms with Crippen LogP contribution in [-0.4, -0.2) is 21.9 Å². The van der Waals surface area contributed by atoms with Gasteiger partial charge >= 0.3 is 0 Å². The van der Waals surface area contributed by atoms with Crippen molar-refractivity contribution in [1.29, 1.82) is 0 Å². The Morgan fingerprint density at radius 1 is 0.923 bits per heavy atom. The van der Waals surface area contributed by atoms with Gasteiger partial charge in [0.2, 0.25) is 0 Å². The van der Waals surface area contributed by atoms with Gasteiger partial charge in [-0.05, 0) is 105 Å². The van der Waals surface area contributed by atoms with Gasteiger partial charge in [-0.25, -0.2) is 0 Å². The van der Waals surface area contributed by atoms with Gasteiger partial charge < -0.3 is 10.2 Å². The molecule has 26 heavy (non-hydrogen) atoms. The molecule has 0 saturated heterocycles. The molecular formula is C24H42O2. The Balaban J connectivity index is 1.62. The Morgan fingerprint density at radius 2 is 1.62 bits per heavy atom. The van der Waals surface area contributed by atoms with Gasteiger partial charge in [-0.2, -0.15) is 0 Å². The molecule has 2 N–H and O–H groups in total. The lowest BCUT2D eigenvalue weighted by Crippen LogP contribution is -2.59. The maximum atomic E-state index is 11.2. The summed E-state index contributed by atoms with van der Waals surface area (Å²) in [5, 5.41) is 21.8. The van der Waals surface area contributed by atoms with Gasteiger partial charge in [0, 0.05) is 0 Å². The highest BCUT2D eigenvalue weighted by Crippen LogP contribution is 2.68. The molecule has 0 aromatic rings. The van der Waals surface area contributed by atoms with Gasteiger partial charge in [-0.1, -0.05) is 34.1 Å². The third kappa shape index (κ3) is 2.65. The second kappa shape index (κ2) is 6.21. The quantitative estimate of drug-likeness (QED) is 0.689. The number of aliphatic hydroxyl groups excluding tert-OH is 1. The molecule has 0 aromatic heterocycles. The van der Waals surface area contributed by atoms with Gasteiger partial charge in [0.1, 0.15) is 0 Å². The molecule has 150 valence electrons. The first-order valence-corrected chi connectivity index (χ1v) is 11.5. The molecule has 0 heterocycles. The SMILES string of the molecule is CC[C@@H](C)[C@H]1CC[C@H]2[C@@H]3CC(O)C4C[C@@](C)(O)CC[C@]4(C)[C@H]3CC[C@]12C. The largest absolute Gasteiger partial charge is 0.393 e. The first-order valence-electron chi connectivity index (χ1n) is 11.5. The topological polar surface area (TPSA) is 40.5 Å². The molecule has 4 rings (SSSR count). The van der Waals surface area contributed by atoms with E-state index >= 15 is 0 Å². The molecule has 4 aliphatic rings. The number of aliphatic hydroxyl groups is 2. The van der Waals surface area contributed by atoms with Crippen molar-refractivity contribution in [2.45, 2.75) is 104 Å². The van der Waals surface area contributed by atoms with Crippen molar-refractivity contribution in [3.05, 3.63) is 0 Å². The molecule has 2 heteroatoms. The molecule has 2 nitrogen and oxygen atoms in total. The molecule has 0 spiro atoms. The van der Waals surface area contributed by atoms with Crippen LogP contribution >= 0.6 is 0 Å². The Kier molecular flexibility index (Phi) is 4.60. The van der Waals surface area contributed by atoms with Crippen LogP contribution in [0, 0.1) is 46.3 Å². The van der Waals surface area contributed by atoms with E-state index in [4.69, 9.17) is 0 Å². The van der Waals surface area contributed by atoms with Gasteiger partial charge in [0.15, 0.2) is 0 Å². The zero-order valence-corrected chi connectivity index (χ0v) is 17.8. The Morgan fingerprint density at radius 3 is 2.31 bits per heavy atom. The van der Waals surface area contributed by atoms with Crippen LogP contribution in [0.15, 0.2) is 0 Å². The van der Waals surface area contributed by atoms with Crippen molar-refractivity contribution >= 4 is 0 Å². The summed E-state index contributed by atoms with van der Waals surface area (Å²) in [5.41, 5.74) is 0.163. The van der Waals surface area contributed by atoms with E-state index in [9.17, 15) is 10.2 Å². The van der Waals surface area contributed by atoms with Crippen molar-refractivity contribution < 1.29 is 10.2 Å². The predicted molar refractivity (Wildman–Crippen MR) is 107 cm³/mol. The van der Waals surface area contributed by atoms with Gasteiger partial charge in [-0.3, -0.25) is 0 Å². The lowest BCUT2D eigenvalue weighted by Gasteiger charge is -2.63. The summed E-state index contributed by atoms with van der Waals surface area (Å²) in [6.45, 7) is 11.9. The zero-order valence-electron chi connectivity index (χ0n) is 17.8. The molecule has 0 aromatic carbocycles. The molecule has 10 atom stereocenters. The minimum absolute atomic E-state index is 0.210. The molecular weight excluding hydrogens is 320 g/mol. The highest BCUT2D eigenvalue weighted by molar-refractivity contribution is 5.12. The van der Waals surface area contributed by atoms with Crippen molar-refractivity contribution in [1.82, 2.24) is 0 Å². The normalized spacial score (nSPS) is 57.8. The van der Waals surface area contributed by atoms with Crippen LogP contribution in [0.2, 0.25) is 0 Å². The Bertz CT molecular complexity index is 542. The van der Waals surface area contributed by atoms with Crippen LogP contribution in [0.25, 0.3) is 0 Å². The first kappa shape index (κ1) is 19.2. The minimum Gasteiger partial charge on any atom is -0.393 e. The van der Waals surface area contributed by atoms with Crippen LogP contribution in [0.3, 0.4) is 0 Å². The van der Waals surface area contributed by atoms with E-state index in [0.717, 1.165) is 49.4 Å². The molecule has 0 bridgehead atoms.